The van der Waals surface area contributed by atoms with E-state index in [1.165, 1.54) is 0 Å². The first-order valence-corrected chi connectivity index (χ1v) is 3.99. The Bertz CT molecular complexity index is 262. The van der Waals surface area contributed by atoms with E-state index in [2.05, 4.69) is 0 Å². The molecule has 0 amide bonds. The first-order chi connectivity index (χ1) is 4.72. The predicted octanol–water partition coefficient (Wildman–Crippen LogP) is 1.57. The van der Waals surface area contributed by atoms with Gasteiger partial charge in [0.2, 0.25) is 0 Å². The maximum atomic E-state index is 10.5. The van der Waals surface area contributed by atoms with E-state index in [9.17, 15) is 4.21 Å². The number of rotatable bonds is 1. The average molecular weight is 264 g/mol. The van der Waals surface area contributed by atoms with E-state index < -0.39 is 11.1 Å². The minimum Gasteiger partial charge on any atom is -0.302 e. The third-order valence-corrected chi connectivity index (χ3v) is 2.12. The molecule has 0 heterocycles. The molecule has 1 atom stereocenters. The Morgan fingerprint density at radius 1 is 1.36 bits per heavy atom. The van der Waals surface area contributed by atoms with Crippen LogP contribution in [0.1, 0.15) is 5.56 Å². The van der Waals surface area contributed by atoms with Crippen LogP contribution in [0.4, 0.5) is 0 Å². The largest absolute Gasteiger partial charge is 0.302 e. The molecule has 0 aromatic heterocycles. The van der Waals surface area contributed by atoms with Gasteiger partial charge in [-0.3, -0.25) is 0 Å². The zero-order valence-electron chi connectivity index (χ0n) is 5.87. The molecule has 11 heavy (non-hydrogen) atoms. The van der Waals surface area contributed by atoms with Crippen LogP contribution in [-0.2, 0) is 33.5 Å². The Hall–Kier alpha value is 0.0703. The molecule has 2 nitrogen and oxygen atoms in total. The Labute approximate surface area is 83.8 Å². The molecule has 0 saturated carbocycles. The molecule has 0 spiro atoms. The van der Waals surface area contributed by atoms with Crippen molar-refractivity contribution < 1.29 is 31.1 Å². The third kappa shape index (κ3) is 2.89. The molecule has 4 heteroatoms. The Morgan fingerprint density at radius 2 is 1.91 bits per heavy atom. The van der Waals surface area contributed by atoms with E-state index in [4.69, 9.17) is 4.55 Å². The third-order valence-electron chi connectivity index (χ3n) is 1.28. The number of benzene rings is 1. The molecule has 0 saturated heterocycles. The molecule has 1 radical (unpaired) electrons. The summed E-state index contributed by atoms with van der Waals surface area (Å²) in [6, 6.07) is 7.04. The van der Waals surface area contributed by atoms with E-state index in [1.807, 2.05) is 19.1 Å². The van der Waals surface area contributed by atoms with Gasteiger partial charge in [-0.1, -0.05) is 18.2 Å². The summed E-state index contributed by atoms with van der Waals surface area (Å²) in [7, 11) is 0. The van der Waals surface area contributed by atoms with Crippen molar-refractivity contribution in [3.05, 3.63) is 29.8 Å². The average Bonchev–Trinajstić information content (AvgIpc) is 1.88. The van der Waals surface area contributed by atoms with E-state index >= 15 is 0 Å². The zero-order chi connectivity index (χ0) is 7.56. The van der Waals surface area contributed by atoms with Crippen LogP contribution < -0.4 is 0 Å². The van der Waals surface area contributed by atoms with Crippen molar-refractivity contribution >= 4 is 11.1 Å². The molecule has 0 aliphatic rings. The maximum Gasteiger partial charge on any atom is 0.186 e. The second-order valence-electron chi connectivity index (χ2n) is 2.01. The fraction of sp³-hybridized carbons (Fsp3) is 0.143. The van der Waals surface area contributed by atoms with Gasteiger partial charge < -0.3 is 4.55 Å². The monoisotopic (exact) mass is 263 g/mol. The summed E-state index contributed by atoms with van der Waals surface area (Å²) < 4.78 is 19.2. The molecule has 65 valence electrons. The summed E-state index contributed by atoms with van der Waals surface area (Å²) in [6.07, 6.45) is 0. The van der Waals surface area contributed by atoms with Crippen molar-refractivity contribution in [2.45, 2.75) is 11.8 Å². The number of aryl methyl sites for hydroxylation is 1. The van der Waals surface area contributed by atoms with Gasteiger partial charge in [0.1, 0.15) is 0 Å². The number of hydrogen-bond donors (Lipinski definition) is 1. The van der Waals surface area contributed by atoms with Crippen LogP contribution >= 0.6 is 0 Å². The summed E-state index contributed by atoms with van der Waals surface area (Å²) in [6.45, 7) is 1.81. The van der Waals surface area contributed by atoms with Gasteiger partial charge in [-0.15, -0.1) is 0 Å². The first kappa shape index (κ1) is 11.1. The predicted molar refractivity (Wildman–Crippen MR) is 40.2 cm³/mol. The van der Waals surface area contributed by atoms with Crippen molar-refractivity contribution in [2.75, 3.05) is 0 Å². The summed E-state index contributed by atoms with van der Waals surface area (Å²) in [5, 5.41) is 0. The van der Waals surface area contributed by atoms with Gasteiger partial charge in [0.25, 0.3) is 0 Å². The van der Waals surface area contributed by atoms with Gasteiger partial charge in [0.05, 0.1) is 4.90 Å². The molecule has 0 aliphatic carbocycles. The zero-order valence-corrected chi connectivity index (χ0v) is 8.17. The van der Waals surface area contributed by atoms with Gasteiger partial charge >= 0.3 is 0 Å². The second kappa shape index (κ2) is 4.85. The van der Waals surface area contributed by atoms with E-state index in [0.29, 0.717) is 4.90 Å². The molecule has 0 bridgehead atoms. The molecule has 1 aromatic carbocycles. The number of hydrogen-bond acceptors (Lipinski definition) is 1. The SMILES string of the molecule is Cc1ccccc1S(=O)O.[Ag]. The van der Waals surface area contributed by atoms with Crippen LogP contribution in [0.15, 0.2) is 29.2 Å². The van der Waals surface area contributed by atoms with Crippen LogP contribution in [0, 0.1) is 6.92 Å². The first-order valence-electron chi connectivity index (χ1n) is 2.88. The van der Waals surface area contributed by atoms with Crippen molar-refractivity contribution in [3.63, 3.8) is 0 Å². The van der Waals surface area contributed by atoms with Gasteiger partial charge in [-0.2, -0.15) is 0 Å². The molecule has 1 aromatic rings. The van der Waals surface area contributed by atoms with Crippen LogP contribution in [0.25, 0.3) is 0 Å². The van der Waals surface area contributed by atoms with Crippen LogP contribution in [-0.4, -0.2) is 8.76 Å². The van der Waals surface area contributed by atoms with Gasteiger partial charge in [-0.05, 0) is 18.6 Å². The fourth-order valence-electron chi connectivity index (χ4n) is 0.752. The summed E-state index contributed by atoms with van der Waals surface area (Å²) in [5.74, 6) is 0. The maximum absolute atomic E-state index is 10.5. The summed E-state index contributed by atoms with van der Waals surface area (Å²) in [5.41, 5.74) is 0.850. The van der Waals surface area contributed by atoms with Gasteiger partial charge in [0.15, 0.2) is 11.1 Å². The summed E-state index contributed by atoms with van der Waals surface area (Å²) >= 11 is -1.84. The molecular formula is C7H8AgO2S. The van der Waals surface area contributed by atoms with Gasteiger partial charge in [-0.25, -0.2) is 4.21 Å². The molecule has 1 unspecified atom stereocenters. The Balaban J connectivity index is 0.000001000. The quantitative estimate of drug-likeness (QED) is 0.617. The topological polar surface area (TPSA) is 37.3 Å². The van der Waals surface area contributed by atoms with E-state index in [-0.39, 0.29) is 22.4 Å². The standard InChI is InChI=1S/C7H8O2S.Ag/c1-6-4-2-3-5-7(6)10(8)9;/h2-5H,1H3,(H,8,9);. The van der Waals surface area contributed by atoms with Crippen molar-refractivity contribution in [3.8, 4) is 0 Å². The molecule has 0 fully saturated rings. The van der Waals surface area contributed by atoms with Crippen LogP contribution in [0.2, 0.25) is 0 Å². The Morgan fingerprint density at radius 3 is 2.27 bits per heavy atom. The van der Waals surface area contributed by atoms with Crippen molar-refractivity contribution in [1.82, 2.24) is 0 Å². The Kier molecular flexibility index (Phi) is 4.88. The minimum absolute atomic E-state index is 0. The smallest absolute Gasteiger partial charge is 0.186 e. The van der Waals surface area contributed by atoms with Gasteiger partial charge in [0, 0.05) is 22.4 Å². The molecule has 1 rings (SSSR count). The molecule has 1 N–H and O–H groups in total. The normalized spacial score (nSPS) is 11.8. The van der Waals surface area contributed by atoms with Crippen LogP contribution in [0.5, 0.6) is 0 Å². The van der Waals surface area contributed by atoms with Crippen LogP contribution in [0.3, 0.4) is 0 Å². The molecular weight excluding hydrogens is 256 g/mol. The van der Waals surface area contributed by atoms with E-state index in [1.54, 1.807) is 12.1 Å². The summed E-state index contributed by atoms with van der Waals surface area (Å²) in [4.78, 5) is 0.488. The fourth-order valence-corrected chi connectivity index (χ4v) is 1.29. The van der Waals surface area contributed by atoms with E-state index in [0.717, 1.165) is 5.56 Å². The molecule has 0 aliphatic heterocycles. The van der Waals surface area contributed by atoms with Crippen molar-refractivity contribution in [2.24, 2.45) is 0 Å². The minimum atomic E-state index is -1.84. The second-order valence-corrected chi connectivity index (χ2v) is 2.95. The van der Waals surface area contributed by atoms with Crippen molar-refractivity contribution in [1.29, 1.82) is 0 Å².